The lowest BCUT2D eigenvalue weighted by Gasteiger charge is -2.34. The Morgan fingerprint density at radius 2 is 1.78 bits per heavy atom. The first kappa shape index (κ1) is 15.1. The van der Waals surface area contributed by atoms with Crippen molar-refractivity contribution in [3.05, 3.63) is 71.8 Å². The number of ether oxygens (including phenoxy) is 1. The molecule has 6 nitrogen and oxygen atoms in total. The molecule has 1 atom stereocenters. The van der Waals surface area contributed by atoms with Gasteiger partial charge in [0.05, 0.1) is 0 Å². The molecule has 2 amide bonds. The summed E-state index contributed by atoms with van der Waals surface area (Å²) in [4.78, 5) is 29.1. The van der Waals surface area contributed by atoms with E-state index in [1.54, 1.807) is 12.1 Å². The topological polar surface area (TPSA) is 67.9 Å². The van der Waals surface area contributed by atoms with Crippen molar-refractivity contribution in [2.45, 2.75) is 12.8 Å². The normalized spacial score (nSPS) is 17.5. The van der Waals surface area contributed by atoms with E-state index in [1.807, 2.05) is 48.5 Å². The number of benzene rings is 2. The number of carbonyl (C=O) groups is 2. The quantitative estimate of drug-likeness (QED) is 0.945. The zero-order valence-corrected chi connectivity index (χ0v) is 12.3. The molecule has 1 N–H and O–H groups in total. The van der Waals surface area contributed by atoms with Crippen molar-refractivity contribution in [3.8, 4) is 0 Å². The number of hydrogen-bond acceptors (Lipinski definition) is 4. The van der Waals surface area contributed by atoms with Crippen LogP contribution in [0, 0.1) is 0 Å². The number of rotatable bonds is 3. The zero-order chi connectivity index (χ0) is 16.1. The summed E-state index contributed by atoms with van der Waals surface area (Å²) >= 11 is 0. The molecule has 3 rings (SSSR count). The molecule has 6 heteroatoms. The summed E-state index contributed by atoms with van der Waals surface area (Å²) in [6.07, 6.45) is -1.36. The first-order valence-electron chi connectivity index (χ1n) is 7.21. The van der Waals surface area contributed by atoms with Crippen LogP contribution < -0.4 is 5.32 Å². The molecule has 0 spiro atoms. The van der Waals surface area contributed by atoms with Gasteiger partial charge in [0.2, 0.25) is 0 Å². The van der Waals surface area contributed by atoms with E-state index in [0.717, 1.165) is 16.2 Å². The lowest BCUT2D eigenvalue weighted by Crippen LogP contribution is -2.51. The molecule has 0 radical (unpaired) electrons. The second-order valence-corrected chi connectivity index (χ2v) is 5.02. The van der Waals surface area contributed by atoms with Crippen molar-refractivity contribution in [1.29, 1.82) is 0 Å². The number of carbonyl (C=O) groups excluding carboxylic acids is 2. The fourth-order valence-electron chi connectivity index (χ4n) is 2.25. The number of hydrogen-bond donors (Lipinski definition) is 1. The molecule has 1 saturated heterocycles. The largest absolute Gasteiger partial charge is 0.443 e. The van der Waals surface area contributed by atoms with Crippen LogP contribution in [-0.4, -0.2) is 23.7 Å². The van der Waals surface area contributed by atoms with Crippen molar-refractivity contribution in [3.63, 3.8) is 0 Å². The number of amides is 2. The Hall–Kier alpha value is -2.86. The SMILES string of the molecule is O=C1CON(C(=O)OCc2ccccc2)C(c2ccccc2)N1. The van der Waals surface area contributed by atoms with Crippen LogP contribution in [0.5, 0.6) is 0 Å². The highest BCUT2D eigenvalue weighted by atomic mass is 16.7. The minimum Gasteiger partial charge on any atom is -0.443 e. The van der Waals surface area contributed by atoms with Gasteiger partial charge < -0.3 is 10.1 Å². The van der Waals surface area contributed by atoms with Crippen LogP contribution in [0.4, 0.5) is 4.79 Å². The molecule has 0 aliphatic carbocycles. The van der Waals surface area contributed by atoms with Crippen LogP contribution in [0.15, 0.2) is 60.7 Å². The molecule has 0 bridgehead atoms. The fourth-order valence-corrected chi connectivity index (χ4v) is 2.25. The highest BCUT2D eigenvalue weighted by Crippen LogP contribution is 2.22. The Balaban J connectivity index is 1.70. The van der Waals surface area contributed by atoms with E-state index < -0.39 is 12.3 Å². The highest BCUT2D eigenvalue weighted by molar-refractivity contribution is 5.79. The van der Waals surface area contributed by atoms with E-state index >= 15 is 0 Å². The minimum atomic E-state index is -0.708. The molecule has 2 aromatic rings. The van der Waals surface area contributed by atoms with Gasteiger partial charge in [-0.05, 0) is 11.1 Å². The Morgan fingerprint density at radius 3 is 2.48 bits per heavy atom. The van der Waals surface area contributed by atoms with Gasteiger partial charge in [-0.1, -0.05) is 60.7 Å². The summed E-state index contributed by atoms with van der Waals surface area (Å²) in [7, 11) is 0. The molecule has 1 heterocycles. The minimum absolute atomic E-state index is 0.134. The van der Waals surface area contributed by atoms with Gasteiger partial charge >= 0.3 is 6.09 Å². The Bertz CT molecular complexity index is 676. The maximum Gasteiger partial charge on any atom is 0.436 e. The Kier molecular flexibility index (Phi) is 4.54. The third-order valence-corrected chi connectivity index (χ3v) is 3.37. The monoisotopic (exact) mass is 312 g/mol. The van der Waals surface area contributed by atoms with Gasteiger partial charge in [0, 0.05) is 0 Å². The molecule has 1 aliphatic rings. The van der Waals surface area contributed by atoms with Gasteiger partial charge in [-0.25, -0.2) is 4.79 Å². The summed E-state index contributed by atoms with van der Waals surface area (Å²) in [5.74, 6) is -0.286. The molecular formula is C17H16N2O4. The van der Waals surface area contributed by atoms with Crippen molar-refractivity contribution in [1.82, 2.24) is 10.4 Å². The summed E-state index contributed by atoms with van der Waals surface area (Å²) in [5, 5.41) is 3.78. The van der Waals surface area contributed by atoms with Gasteiger partial charge in [0.15, 0.2) is 12.8 Å². The van der Waals surface area contributed by atoms with Crippen LogP contribution in [0.1, 0.15) is 17.3 Å². The molecule has 1 fully saturated rings. The maximum absolute atomic E-state index is 12.3. The zero-order valence-electron chi connectivity index (χ0n) is 12.3. The number of hydroxylamine groups is 2. The van der Waals surface area contributed by atoms with Gasteiger partial charge in [-0.3, -0.25) is 9.63 Å². The summed E-state index contributed by atoms with van der Waals surface area (Å²) in [6, 6.07) is 18.5. The second kappa shape index (κ2) is 6.93. The highest BCUT2D eigenvalue weighted by Gasteiger charge is 2.33. The lowest BCUT2D eigenvalue weighted by molar-refractivity contribution is -0.199. The van der Waals surface area contributed by atoms with E-state index in [-0.39, 0.29) is 19.1 Å². The maximum atomic E-state index is 12.3. The second-order valence-electron chi connectivity index (χ2n) is 5.02. The van der Waals surface area contributed by atoms with Crippen LogP contribution in [0.25, 0.3) is 0 Å². The molecule has 0 aromatic heterocycles. The average molecular weight is 312 g/mol. The van der Waals surface area contributed by atoms with Crippen LogP contribution in [-0.2, 0) is 21.0 Å². The Morgan fingerprint density at radius 1 is 1.13 bits per heavy atom. The van der Waals surface area contributed by atoms with Crippen LogP contribution in [0.3, 0.4) is 0 Å². The van der Waals surface area contributed by atoms with Gasteiger partial charge in [-0.15, -0.1) is 0 Å². The van der Waals surface area contributed by atoms with E-state index in [1.165, 1.54) is 0 Å². The predicted molar refractivity (Wildman–Crippen MR) is 81.7 cm³/mol. The van der Waals surface area contributed by atoms with Crippen LogP contribution in [0.2, 0.25) is 0 Å². The first-order chi connectivity index (χ1) is 11.2. The summed E-state index contributed by atoms with van der Waals surface area (Å²) in [5.41, 5.74) is 1.61. The van der Waals surface area contributed by atoms with E-state index in [4.69, 9.17) is 9.57 Å². The van der Waals surface area contributed by atoms with Crippen LogP contribution >= 0.6 is 0 Å². The van der Waals surface area contributed by atoms with E-state index in [0.29, 0.717) is 0 Å². The number of nitrogens with one attached hydrogen (secondary N) is 1. The number of nitrogens with zero attached hydrogens (tertiary/aromatic N) is 1. The van der Waals surface area contributed by atoms with E-state index in [9.17, 15) is 9.59 Å². The summed E-state index contributed by atoms with van der Waals surface area (Å²) < 4.78 is 5.27. The molecule has 23 heavy (non-hydrogen) atoms. The molecule has 118 valence electrons. The fraction of sp³-hybridized carbons (Fsp3) is 0.176. The molecule has 0 saturated carbocycles. The van der Waals surface area contributed by atoms with Crippen molar-refractivity contribution < 1.29 is 19.2 Å². The third-order valence-electron chi connectivity index (χ3n) is 3.37. The van der Waals surface area contributed by atoms with E-state index in [2.05, 4.69) is 5.32 Å². The Labute approximate surface area is 133 Å². The molecule has 2 aromatic carbocycles. The summed E-state index contributed by atoms with van der Waals surface area (Å²) in [6.45, 7) is -0.0846. The average Bonchev–Trinajstić information content (AvgIpc) is 2.61. The van der Waals surface area contributed by atoms with Gasteiger partial charge in [0.1, 0.15) is 6.61 Å². The third kappa shape index (κ3) is 3.67. The molecule has 1 unspecified atom stereocenters. The van der Waals surface area contributed by atoms with Gasteiger partial charge in [0.25, 0.3) is 5.91 Å². The van der Waals surface area contributed by atoms with Crippen molar-refractivity contribution in [2.24, 2.45) is 0 Å². The molecule has 1 aliphatic heterocycles. The smallest absolute Gasteiger partial charge is 0.436 e. The van der Waals surface area contributed by atoms with Gasteiger partial charge in [-0.2, -0.15) is 5.06 Å². The van der Waals surface area contributed by atoms with Crippen molar-refractivity contribution in [2.75, 3.05) is 6.61 Å². The molecular weight excluding hydrogens is 296 g/mol. The standard InChI is InChI=1S/C17H16N2O4/c20-15-12-23-19(16(18-15)14-9-5-2-6-10-14)17(21)22-11-13-7-3-1-4-8-13/h1-10,16H,11-12H2,(H,18,20). The lowest BCUT2D eigenvalue weighted by atomic mass is 10.1. The van der Waals surface area contributed by atoms with Crippen molar-refractivity contribution >= 4 is 12.0 Å². The first-order valence-corrected chi connectivity index (χ1v) is 7.21. The predicted octanol–water partition coefficient (Wildman–Crippen LogP) is 2.39.